The number of anilines is 1. The monoisotopic (exact) mass is 386 g/mol. The van der Waals surface area contributed by atoms with Gasteiger partial charge in [0.15, 0.2) is 0 Å². The number of hydrogen-bond acceptors (Lipinski definition) is 4. The Morgan fingerprint density at radius 2 is 2.18 bits per heavy atom. The normalized spacial score (nSPS) is 16.2. The lowest BCUT2D eigenvalue weighted by molar-refractivity contribution is 0.249. The van der Waals surface area contributed by atoms with E-state index in [1.54, 1.807) is 0 Å². The zero-order chi connectivity index (χ0) is 20.3. The van der Waals surface area contributed by atoms with Crippen LogP contribution in [0.4, 0.5) is 10.5 Å². The van der Waals surface area contributed by atoms with E-state index in [4.69, 9.17) is 9.47 Å². The van der Waals surface area contributed by atoms with Crippen LogP contribution in [0.5, 0.6) is 11.5 Å². The summed E-state index contributed by atoms with van der Waals surface area (Å²) in [6.45, 7) is 11.9. The van der Waals surface area contributed by atoms with Gasteiger partial charge in [-0.15, -0.1) is 0 Å². The molecule has 1 aromatic carbocycles. The van der Waals surface area contributed by atoms with E-state index in [9.17, 15) is 4.79 Å². The standard InChI is InChI=1S/C21H30N4O3/c1-6-27-20-9-17-8-16(5)28-19(17)10-18(20)23-21(26)22-11-13(2)12-25-15(4)7-14(3)24-25/h7,9-10,13,16H,6,8,11-12H2,1-5H3,(H2,22,23,26). The van der Waals surface area contributed by atoms with Gasteiger partial charge < -0.3 is 20.1 Å². The van der Waals surface area contributed by atoms with E-state index in [0.717, 1.165) is 35.7 Å². The molecule has 2 unspecified atom stereocenters. The second kappa shape index (κ2) is 8.54. The van der Waals surface area contributed by atoms with Crippen LogP contribution < -0.4 is 20.1 Å². The van der Waals surface area contributed by atoms with Crippen LogP contribution in [0.3, 0.4) is 0 Å². The van der Waals surface area contributed by atoms with Crippen LogP contribution in [-0.2, 0) is 13.0 Å². The highest BCUT2D eigenvalue weighted by molar-refractivity contribution is 5.91. The van der Waals surface area contributed by atoms with Crippen LogP contribution in [0.2, 0.25) is 0 Å². The number of fused-ring (bicyclic) bond motifs is 1. The summed E-state index contributed by atoms with van der Waals surface area (Å²) in [4.78, 5) is 12.4. The SMILES string of the molecule is CCOc1cc2c(cc1NC(=O)NCC(C)Cn1nc(C)cc1C)OC(C)C2. The Hall–Kier alpha value is -2.70. The topological polar surface area (TPSA) is 77.4 Å². The minimum atomic E-state index is -0.257. The van der Waals surface area contributed by atoms with Gasteiger partial charge in [-0.1, -0.05) is 6.92 Å². The molecule has 152 valence electrons. The Kier molecular flexibility index (Phi) is 6.11. The number of rotatable bonds is 7. The summed E-state index contributed by atoms with van der Waals surface area (Å²) in [7, 11) is 0. The van der Waals surface area contributed by atoms with Gasteiger partial charge in [0.1, 0.15) is 17.6 Å². The second-order valence-corrected chi connectivity index (χ2v) is 7.57. The first kappa shape index (κ1) is 20.0. The van der Waals surface area contributed by atoms with Crippen molar-refractivity contribution in [2.24, 2.45) is 5.92 Å². The summed E-state index contributed by atoms with van der Waals surface area (Å²) in [6.07, 6.45) is 0.995. The van der Waals surface area contributed by atoms with Gasteiger partial charge in [-0.2, -0.15) is 5.10 Å². The number of carbonyl (C=O) groups is 1. The average molecular weight is 386 g/mol. The van der Waals surface area contributed by atoms with Gasteiger partial charge >= 0.3 is 6.03 Å². The zero-order valence-electron chi connectivity index (χ0n) is 17.3. The summed E-state index contributed by atoms with van der Waals surface area (Å²) in [5.41, 5.74) is 3.87. The first-order valence-corrected chi connectivity index (χ1v) is 9.88. The molecule has 0 spiro atoms. The van der Waals surface area contributed by atoms with Gasteiger partial charge in [-0.25, -0.2) is 4.79 Å². The summed E-state index contributed by atoms with van der Waals surface area (Å²) in [5, 5.41) is 10.3. The lowest BCUT2D eigenvalue weighted by Crippen LogP contribution is -2.33. The van der Waals surface area contributed by atoms with Crippen LogP contribution in [0, 0.1) is 19.8 Å². The summed E-state index contributed by atoms with van der Waals surface area (Å²) < 4.78 is 13.5. The molecule has 1 aliphatic rings. The van der Waals surface area contributed by atoms with Crippen molar-refractivity contribution in [3.63, 3.8) is 0 Å². The summed E-state index contributed by atoms with van der Waals surface area (Å²) in [5.74, 6) is 1.73. The van der Waals surface area contributed by atoms with Crippen molar-refractivity contribution in [2.45, 2.75) is 53.7 Å². The quantitative estimate of drug-likeness (QED) is 0.761. The molecule has 0 aliphatic carbocycles. The molecule has 7 nitrogen and oxygen atoms in total. The number of benzene rings is 1. The molecule has 2 N–H and O–H groups in total. The third kappa shape index (κ3) is 4.77. The number of urea groups is 1. The molecule has 0 saturated carbocycles. The van der Waals surface area contributed by atoms with E-state index in [0.29, 0.717) is 24.6 Å². The van der Waals surface area contributed by atoms with Gasteiger partial charge in [0, 0.05) is 36.8 Å². The molecular formula is C21H30N4O3. The smallest absolute Gasteiger partial charge is 0.319 e. The molecule has 7 heteroatoms. The minimum absolute atomic E-state index is 0.142. The van der Waals surface area contributed by atoms with Crippen LogP contribution in [0.15, 0.2) is 18.2 Å². The highest BCUT2D eigenvalue weighted by Crippen LogP contribution is 2.38. The van der Waals surface area contributed by atoms with Gasteiger partial charge in [0.2, 0.25) is 0 Å². The molecular weight excluding hydrogens is 356 g/mol. The van der Waals surface area contributed by atoms with E-state index < -0.39 is 0 Å². The second-order valence-electron chi connectivity index (χ2n) is 7.57. The number of aromatic nitrogens is 2. The van der Waals surface area contributed by atoms with Crippen molar-refractivity contribution in [2.75, 3.05) is 18.5 Å². The molecule has 1 aromatic heterocycles. The summed E-state index contributed by atoms with van der Waals surface area (Å²) >= 11 is 0. The van der Waals surface area contributed by atoms with Gasteiger partial charge in [0.05, 0.1) is 18.0 Å². The Bertz CT molecular complexity index is 846. The number of nitrogens with one attached hydrogen (secondary N) is 2. The van der Waals surface area contributed by atoms with Crippen LogP contribution in [0.25, 0.3) is 0 Å². The van der Waals surface area contributed by atoms with E-state index in [1.807, 2.05) is 44.5 Å². The fourth-order valence-electron chi connectivity index (χ4n) is 3.46. The number of amides is 2. The lowest BCUT2D eigenvalue weighted by Gasteiger charge is -2.16. The van der Waals surface area contributed by atoms with Crippen LogP contribution in [0.1, 0.15) is 37.7 Å². The van der Waals surface area contributed by atoms with E-state index in [2.05, 4.69) is 28.7 Å². The van der Waals surface area contributed by atoms with Crippen molar-refractivity contribution in [1.29, 1.82) is 0 Å². The molecule has 0 radical (unpaired) electrons. The largest absolute Gasteiger partial charge is 0.492 e. The molecule has 0 saturated heterocycles. The molecule has 2 aromatic rings. The fourth-order valence-corrected chi connectivity index (χ4v) is 3.46. The minimum Gasteiger partial charge on any atom is -0.492 e. The molecule has 2 atom stereocenters. The first-order chi connectivity index (χ1) is 13.4. The van der Waals surface area contributed by atoms with Crippen molar-refractivity contribution in [3.8, 4) is 11.5 Å². The third-order valence-electron chi connectivity index (χ3n) is 4.75. The maximum absolute atomic E-state index is 12.4. The average Bonchev–Trinajstić information content (AvgIpc) is 3.13. The van der Waals surface area contributed by atoms with Gasteiger partial charge in [-0.3, -0.25) is 4.68 Å². The Morgan fingerprint density at radius 1 is 1.39 bits per heavy atom. The molecule has 0 fully saturated rings. The van der Waals surface area contributed by atoms with Crippen molar-refractivity contribution in [1.82, 2.24) is 15.1 Å². The van der Waals surface area contributed by atoms with E-state index in [-0.39, 0.29) is 18.1 Å². The number of aryl methyl sites for hydroxylation is 2. The summed E-state index contributed by atoms with van der Waals surface area (Å²) in [6, 6.07) is 5.61. The lowest BCUT2D eigenvalue weighted by atomic mass is 10.1. The Labute approximate surface area is 166 Å². The highest BCUT2D eigenvalue weighted by Gasteiger charge is 2.22. The predicted molar refractivity (Wildman–Crippen MR) is 109 cm³/mol. The predicted octanol–water partition coefficient (Wildman–Crippen LogP) is 3.68. The van der Waals surface area contributed by atoms with Crippen molar-refractivity contribution < 1.29 is 14.3 Å². The molecule has 0 bridgehead atoms. The maximum atomic E-state index is 12.4. The number of hydrogen-bond donors (Lipinski definition) is 2. The molecule has 3 rings (SSSR count). The third-order valence-corrected chi connectivity index (χ3v) is 4.75. The van der Waals surface area contributed by atoms with Crippen molar-refractivity contribution in [3.05, 3.63) is 35.2 Å². The zero-order valence-corrected chi connectivity index (χ0v) is 17.3. The van der Waals surface area contributed by atoms with Crippen molar-refractivity contribution >= 4 is 11.7 Å². The van der Waals surface area contributed by atoms with E-state index >= 15 is 0 Å². The molecule has 2 amide bonds. The molecule has 2 heterocycles. The number of nitrogens with zero attached hydrogens (tertiary/aromatic N) is 2. The van der Waals surface area contributed by atoms with Gasteiger partial charge in [0.25, 0.3) is 0 Å². The van der Waals surface area contributed by atoms with E-state index in [1.165, 1.54) is 0 Å². The maximum Gasteiger partial charge on any atom is 0.319 e. The number of carbonyl (C=O) groups excluding carboxylic acids is 1. The molecule has 28 heavy (non-hydrogen) atoms. The Morgan fingerprint density at radius 3 is 2.86 bits per heavy atom. The first-order valence-electron chi connectivity index (χ1n) is 9.88. The molecule has 1 aliphatic heterocycles. The van der Waals surface area contributed by atoms with Gasteiger partial charge in [-0.05, 0) is 45.7 Å². The van der Waals surface area contributed by atoms with Crippen LogP contribution in [-0.4, -0.2) is 35.1 Å². The Balaban J connectivity index is 1.58. The highest BCUT2D eigenvalue weighted by atomic mass is 16.5. The van der Waals surface area contributed by atoms with Crippen LogP contribution >= 0.6 is 0 Å². The fraction of sp³-hybridized carbons (Fsp3) is 0.524. The number of ether oxygens (including phenoxy) is 2.